The molecular weight excluding hydrogens is 302 g/mol. The molecule has 2 rings (SSSR count). The van der Waals surface area contributed by atoms with Crippen LogP contribution >= 0.6 is 15.9 Å². The van der Waals surface area contributed by atoms with Crippen LogP contribution in [0.15, 0.2) is 22.7 Å². The van der Waals surface area contributed by atoms with Gasteiger partial charge in [-0.05, 0) is 51.1 Å². The lowest BCUT2D eigenvalue weighted by Crippen LogP contribution is -2.41. The molecule has 0 aliphatic carbocycles. The highest BCUT2D eigenvalue weighted by molar-refractivity contribution is 9.10. The topological polar surface area (TPSA) is 39.1 Å². The van der Waals surface area contributed by atoms with Crippen molar-refractivity contribution < 1.29 is 0 Å². The standard InChI is InChI=1S/C15H20BrN3/c1-12(19-7-3-2-4-8-19)11-18-15-9-14(16)6-5-13(15)10-17/h5-6,9,12,18H,2-4,7-8,11H2,1H3. The molecule has 0 saturated carbocycles. The van der Waals surface area contributed by atoms with E-state index in [-0.39, 0.29) is 0 Å². The predicted molar refractivity (Wildman–Crippen MR) is 82.2 cm³/mol. The third-order valence-corrected chi connectivity index (χ3v) is 4.20. The molecule has 1 aromatic rings. The molecule has 1 N–H and O–H groups in total. The first-order valence-electron chi connectivity index (χ1n) is 6.88. The molecule has 102 valence electrons. The number of nitriles is 1. The Kier molecular flexibility index (Phi) is 5.24. The first-order valence-corrected chi connectivity index (χ1v) is 7.67. The van der Waals surface area contributed by atoms with Crippen molar-refractivity contribution in [2.75, 3.05) is 25.0 Å². The highest BCUT2D eigenvalue weighted by atomic mass is 79.9. The van der Waals surface area contributed by atoms with Crippen molar-refractivity contribution in [2.45, 2.75) is 32.2 Å². The van der Waals surface area contributed by atoms with Crippen LogP contribution in [0.2, 0.25) is 0 Å². The number of halogens is 1. The second-order valence-corrected chi connectivity index (χ2v) is 6.04. The van der Waals surface area contributed by atoms with E-state index in [1.807, 2.05) is 18.2 Å². The number of benzene rings is 1. The SMILES string of the molecule is CC(CNc1cc(Br)ccc1C#N)N1CCCCC1. The number of hydrogen-bond donors (Lipinski definition) is 1. The Hall–Kier alpha value is -1.05. The van der Waals surface area contributed by atoms with E-state index < -0.39 is 0 Å². The summed E-state index contributed by atoms with van der Waals surface area (Å²) < 4.78 is 1.000. The van der Waals surface area contributed by atoms with Crippen LogP contribution in [-0.2, 0) is 0 Å². The summed E-state index contributed by atoms with van der Waals surface area (Å²) in [4.78, 5) is 2.53. The van der Waals surface area contributed by atoms with Gasteiger partial charge in [-0.15, -0.1) is 0 Å². The van der Waals surface area contributed by atoms with Gasteiger partial charge in [0.05, 0.1) is 11.3 Å². The smallest absolute Gasteiger partial charge is 0.101 e. The van der Waals surface area contributed by atoms with Crippen LogP contribution in [0.3, 0.4) is 0 Å². The van der Waals surface area contributed by atoms with Gasteiger partial charge < -0.3 is 5.32 Å². The van der Waals surface area contributed by atoms with Crippen molar-refractivity contribution in [3.8, 4) is 6.07 Å². The van der Waals surface area contributed by atoms with E-state index in [2.05, 4.69) is 39.1 Å². The van der Waals surface area contributed by atoms with Crippen molar-refractivity contribution >= 4 is 21.6 Å². The second kappa shape index (κ2) is 6.93. The Morgan fingerprint density at radius 2 is 2.11 bits per heavy atom. The van der Waals surface area contributed by atoms with E-state index in [0.717, 1.165) is 16.7 Å². The zero-order valence-electron chi connectivity index (χ0n) is 11.3. The number of anilines is 1. The van der Waals surface area contributed by atoms with Crippen LogP contribution in [0.1, 0.15) is 31.7 Å². The number of hydrogen-bond acceptors (Lipinski definition) is 3. The summed E-state index contributed by atoms with van der Waals surface area (Å²) in [6.45, 7) is 5.53. The molecule has 0 radical (unpaired) electrons. The van der Waals surface area contributed by atoms with Crippen molar-refractivity contribution in [1.29, 1.82) is 5.26 Å². The molecule has 0 spiro atoms. The van der Waals surface area contributed by atoms with E-state index >= 15 is 0 Å². The quantitative estimate of drug-likeness (QED) is 0.920. The lowest BCUT2D eigenvalue weighted by Gasteiger charge is -2.32. The van der Waals surface area contributed by atoms with Crippen LogP contribution < -0.4 is 5.32 Å². The lowest BCUT2D eigenvalue weighted by molar-refractivity contribution is 0.180. The fraction of sp³-hybridized carbons (Fsp3) is 0.533. The van der Waals surface area contributed by atoms with E-state index in [0.29, 0.717) is 11.6 Å². The van der Waals surface area contributed by atoms with Gasteiger partial charge in [0, 0.05) is 17.1 Å². The summed E-state index contributed by atoms with van der Waals surface area (Å²) in [7, 11) is 0. The zero-order chi connectivity index (χ0) is 13.7. The molecule has 1 heterocycles. The van der Waals surface area contributed by atoms with Gasteiger partial charge in [-0.3, -0.25) is 4.90 Å². The first kappa shape index (κ1) is 14.4. The Morgan fingerprint density at radius 3 is 2.79 bits per heavy atom. The van der Waals surface area contributed by atoms with Crippen LogP contribution in [0.25, 0.3) is 0 Å². The maximum absolute atomic E-state index is 9.11. The van der Waals surface area contributed by atoms with Gasteiger partial charge in [-0.1, -0.05) is 22.4 Å². The highest BCUT2D eigenvalue weighted by Crippen LogP contribution is 2.21. The molecule has 1 saturated heterocycles. The number of nitrogens with one attached hydrogen (secondary N) is 1. The minimum absolute atomic E-state index is 0.505. The minimum Gasteiger partial charge on any atom is -0.382 e. The average Bonchev–Trinajstić information content (AvgIpc) is 2.46. The highest BCUT2D eigenvalue weighted by Gasteiger charge is 2.16. The lowest BCUT2D eigenvalue weighted by atomic mass is 10.1. The summed E-state index contributed by atoms with van der Waals surface area (Å²) >= 11 is 3.45. The van der Waals surface area contributed by atoms with E-state index in [9.17, 15) is 0 Å². The number of nitrogens with zero attached hydrogens (tertiary/aromatic N) is 2. The van der Waals surface area contributed by atoms with Crippen molar-refractivity contribution in [1.82, 2.24) is 4.90 Å². The molecule has 1 unspecified atom stereocenters. The van der Waals surface area contributed by atoms with E-state index in [1.54, 1.807) is 0 Å². The van der Waals surface area contributed by atoms with Crippen molar-refractivity contribution in [3.63, 3.8) is 0 Å². The molecular formula is C15H20BrN3. The molecule has 1 atom stereocenters. The summed E-state index contributed by atoms with van der Waals surface area (Å²) in [5.74, 6) is 0. The summed E-state index contributed by atoms with van der Waals surface area (Å²) in [5.41, 5.74) is 1.62. The molecule has 4 heteroatoms. The largest absolute Gasteiger partial charge is 0.382 e. The predicted octanol–water partition coefficient (Wildman–Crippen LogP) is 3.61. The zero-order valence-corrected chi connectivity index (χ0v) is 12.9. The van der Waals surface area contributed by atoms with Gasteiger partial charge in [0.1, 0.15) is 6.07 Å². The summed E-state index contributed by atoms with van der Waals surface area (Å²) in [6, 6.07) is 8.45. The van der Waals surface area contributed by atoms with Crippen molar-refractivity contribution in [3.05, 3.63) is 28.2 Å². The Morgan fingerprint density at radius 1 is 1.37 bits per heavy atom. The molecule has 3 nitrogen and oxygen atoms in total. The molecule has 19 heavy (non-hydrogen) atoms. The molecule has 0 amide bonds. The van der Waals surface area contributed by atoms with Crippen LogP contribution in [0.5, 0.6) is 0 Å². The van der Waals surface area contributed by atoms with Gasteiger partial charge in [0.25, 0.3) is 0 Å². The number of likely N-dealkylation sites (tertiary alicyclic amines) is 1. The molecule has 1 aromatic carbocycles. The fourth-order valence-electron chi connectivity index (χ4n) is 2.51. The third kappa shape index (κ3) is 3.95. The maximum Gasteiger partial charge on any atom is 0.101 e. The third-order valence-electron chi connectivity index (χ3n) is 3.70. The number of piperidine rings is 1. The molecule has 1 aliphatic heterocycles. The molecule has 0 bridgehead atoms. The normalized spacial score (nSPS) is 17.7. The minimum atomic E-state index is 0.505. The Bertz CT molecular complexity index is 461. The number of rotatable bonds is 4. The van der Waals surface area contributed by atoms with E-state index in [4.69, 9.17) is 5.26 Å². The average molecular weight is 322 g/mol. The summed E-state index contributed by atoms with van der Waals surface area (Å²) in [5, 5.41) is 12.5. The van der Waals surface area contributed by atoms with Gasteiger partial charge in [0.2, 0.25) is 0 Å². The van der Waals surface area contributed by atoms with Gasteiger partial charge in [-0.2, -0.15) is 5.26 Å². The summed E-state index contributed by atoms with van der Waals surface area (Å²) in [6.07, 6.45) is 3.98. The van der Waals surface area contributed by atoms with Crippen LogP contribution in [-0.4, -0.2) is 30.6 Å². The van der Waals surface area contributed by atoms with Crippen LogP contribution in [0, 0.1) is 11.3 Å². The molecule has 0 aromatic heterocycles. The maximum atomic E-state index is 9.11. The van der Waals surface area contributed by atoms with Crippen molar-refractivity contribution in [2.24, 2.45) is 0 Å². The second-order valence-electron chi connectivity index (χ2n) is 5.13. The monoisotopic (exact) mass is 321 g/mol. The fourth-order valence-corrected chi connectivity index (χ4v) is 2.87. The molecule has 1 aliphatic rings. The molecule has 1 fully saturated rings. The Balaban J connectivity index is 1.94. The first-order chi connectivity index (χ1) is 9.20. The van der Waals surface area contributed by atoms with Gasteiger partial charge >= 0.3 is 0 Å². The van der Waals surface area contributed by atoms with Gasteiger partial charge in [-0.25, -0.2) is 0 Å². The van der Waals surface area contributed by atoms with E-state index in [1.165, 1.54) is 32.4 Å². The van der Waals surface area contributed by atoms with Gasteiger partial charge in [0.15, 0.2) is 0 Å². The van der Waals surface area contributed by atoms with Crippen LogP contribution in [0.4, 0.5) is 5.69 Å². The Labute approximate surface area is 123 Å².